The minimum Gasteiger partial charge on any atom is -0.385 e. The summed E-state index contributed by atoms with van der Waals surface area (Å²) >= 11 is 0. The predicted molar refractivity (Wildman–Crippen MR) is 66.8 cm³/mol. The fraction of sp³-hybridized carbons (Fsp3) is 0.923. The largest absolute Gasteiger partial charge is 0.385 e. The summed E-state index contributed by atoms with van der Waals surface area (Å²) in [6, 6.07) is 0.500. The lowest BCUT2D eigenvalue weighted by Crippen LogP contribution is -2.55. The van der Waals surface area contributed by atoms with Crippen molar-refractivity contribution in [2.75, 3.05) is 33.4 Å². The number of nitrogens with one attached hydrogen (secondary N) is 1. The highest BCUT2D eigenvalue weighted by molar-refractivity contribution is 5.77. The number of piperidine rings is 2. The molecular weight excluding hydrogens is 216 g/mol. The molecule has 2 aliphatic rings. The first-order valence-corrected chi connectivity index (χ1v) is 6.82. The maximum absolute atomic E-state index is 12.0. The van der Waals surface area contributed by atoms with E-state index in [1.165, 1.54) is 0 Å². The highest BCUT2D eigenvalue weighted by Gasteiger charge is 2.36. The minimum atomic E-state index is 0.366. The van der Waals surface area contributed by atoms with Crippen molar-refractivity contribution in [3.63, 3.8) is 0 Å². The van der Waals surface area contributed by atoms with Gasteiger partial charge in [0.25, 0.3) is 0 Å². The number of carbonyl (C=O) groups excluding carboxylic acids is 1. The molecule has 2 saturated heterocycles. The molecule has 0 saturated carbocycles. The molecule has 0 radical (unpaired) electrons. The third-order valence-electron chi connectivity index (χ3n) is 4.01. The van der Waals surface area contributed by atoms with Gasteiger partial charge in [0.2, 0.25) is 5.91 Å². The molecule has 98 valence electrons. The normalized spacial score (nSPS) is 29.2. The Morgan fingerprint density at radius 3 is 3.12 bits per heavy atom. The van der Waals surface area contributed by atoms with E-state index in [2.05, 4.69) is 10.2 Å². The van der Waals surface area contributed by atoms with Gasteiger partial charge in [0.1, 0.15) is 0 Å². The lowest BCUT2D eigenvalue weighted by Gasteiger charge is -2.44. The van der Waals surface area contributed by atoms with Gasteiger partial charge in [0.05, 0.1) is 0 Å². The van der Waals surface area contributed by atoms with E-state index < -0.39 is 0 Å². The van der Waals surface area contributed by atoms with E-state index in [0.717, 1.165) is 58.3 Å². The Bertz CT molecular complexity index is 258. The highest BCUT2D eigenvalue weighted by atomic mass is 16.5. The number of unbranched alkanes of at least 4 members (excludes halogenated alkanes) is 1. The van der Waals surface area contributed by atoms with E-state index in [0.29, 0.717) is 17.9 Å². The maximum atomic E-state index is 12.0. The van der Waals surface area contributed by atoms with Crippen molar-refractivity contribution in [2.45, 2.75) is 38.1 Å². The van der Waals surface area contributed by atoms with Crippen LogP contribution in [-0.2, 0) is 9.53 Å². The summed E-state index contributed by atoms with van der Waals surface area (Å²) in [5.41, 5.74) is 0. The Labute approximate surface area is 104 Å². The number of hydrogen-bond donors (Lipinski definition) is 1. The van der Waals surface area contributed by atoms with Gasteiger partial charge in [-0.25, -0.2) is 0 Å². The molecule has 0 aromatic rings. The van der Waals surface area contributed by atoms with Gasteiger partial charge in [-0.1, -0.05) is 0 Å². The smallest absolute Gasteiger partial charge is 0.222 e. The maximum Gasteiger partial charge on any atom is 0.222 e. The van der Waals surface area contributed by atoms with Crippen molar-refractivity contribution in [1.82, 2.24) is 10.2 Å². The molecule has 0 aromatic carbocycles. The molecule has 1 amide bonds. The average Bonchev–Trinajstić information content (AvgIpc) is 2.37. The Kier molecular flexibility index (Phi) is 4.80. The van der Waals surface area contributed by atoms with Gasteiger partial charge >= 0.3 is 0 Å². The van der Waals surface area contributed by atoms with Gasteiger partial charge in [0.15, 0.2) is 0 Å². The third kappa shape index (κ3) is 3.19. The zero-order valence-corrected chi connectivity index (χ0v) is 10.8. The fourth-order valence-corrected chi connectivity index (χ4v) is 3.07. The molecule has 1 N–H and O–H groups in total. The number of methoxy groups -OCH3 is 1. The second-order valence-electron chi connectivity index (χ2n) is 5.15. The summed E-state index contributed by atoms with van der Waals surface area (Å²) in [4.78, 5) is 14.1. The molecule has 2 heterocycles. The van der Waals surface area contributed by atoms with Crippen LogP contribution in [0.15, 0.2) is 0 Å². The summed E-state index contributed by atoms with van der Waals surface area (Å²) in [6.45, 7) is 3.87. The summed E-state index contributed by atoms with van der Waals surface area (Å²) < 4.78 is 5.05. The molecule has 2 unspecified atom stereocenters. The van der Waals surface area contributed by atoms with E-state index in [-0.39, 0.29) is 0 Å². The van der Waals surface area contributed by atoms with Crippen LogP contribution in [0.5, 0.6) is 0 Å². The quantitative estimate of drug-likeness (QED) is 0.729. The molecule has 2 rings (SSSR count). The third-order valence-corrected chi connectivity index (χ3v) is 4.01. The monoisotopic (exact) mass is 240 g/mol. The number of likely N-dealkylation sites (tertiary alicyclic amines) is 1. The van der Waals surface area contributed by atoms with Crippen LogP contribution >= 0.6 is 0 Å². The minimum absolute atomic E-state index is 0.366. The summed E-state index contributed by atoms with van der Waals surface area (Å²) in [5, 5.41) is 3.44. The van der Waals surface area contributed by atoms with Crippen LogP contribution in [0.3, 0.4) is 0 Å². The second-order valence-corrected chi connectivity index (χ2v) is 5.15. The molecule has 0 bridgehead atoms. The molecule has 2 atom stereocenters. The molecule has 17 heavy (non-hydrogen) atoms. The topological polar surface area (TPSA) is 41.6 Å². The van der Waals surface area contributed by atoms with Crippen molar-refractivity contribution in [3.05, 3.63) is 0 Å². The number of nitrogens with zero attached hydrogens (tertiary/aromatic N) is 1. The van der Waals surface area contributed by atoms with Crippen LogP contribution in [0, 0.1) is 5.92 Å². The van der Waals surface area contributed by atoms with E-state index in [9.17, 15) is 4.79 Å². The zero-order chi connectivity index (χ0) is 12.1. The number of ether oxygens (including phenoxy) is 1. The fourth-order valence-electron chi connectivity index (χ4n) is 3.07. The Balaban J connectivity index is 1.85. The van der Waals surface area contributed by atoms with E-state index in [4.69, 9.17) is 4.74 Å². The van der Waals surface area contributed by atoms with Crippen LogP contribution in [0.25, 0.3) is 0 Å². The molecular formula is C13H24N2O2. The number of carbonyl (C=O) groups is 1. The van der Waals surface area contributed by atoms with Crippen LogP contribution in [-0.4, -0.2) is 50.2 Å². The number of hydrogen-bond acceptors (Lipinski definition) is 3. The standard InChI is InChI=1S/C13H24N2O2/c1-17-9-3-2-8-15-12-6-7-14-10-11(12)4-5-13(15)16/h11-12,14H,2-10H2,1H3. The van der Waals surface area contributed by atoms with Gasteiger partial charge in [-0.05, 0) is 44.7 Å². The van der Waals surface area contributed by atoms with E-state index >= 15 is 0 Å². The van der Waals surface area contributed by atoms with Crippen LogP contribution in [0.4, 0.5) is 0 Å². The average molecular weight is 240 g/mol. The zero-order valence-electron chi connectivity index (χ0n) is 10.8. The summed E-state index contributed by atoms with van der Waals surface area (Å²) in [5.74, 6) is 1.05. The van der Waals surface area contributed by atoms with Gasteiger partial charge in [-0.15, -0.1) is 0 Å². The van der Waals surface area contributed by atoms with Gasteiger partial charge < -0.3 is 15.0 Å². The number of rotatable bonds is 5. The molecule has 4 nitrogen and oxygen atoms in total. The van der Waals surface area contributed by atoms with Crippen molar-refractivity contribution < 1.29 is 9.53 Å². The number of amides is 1. The Hall–Kier alpha value is -0.610. The van der Waals surface area contributed by atoms with Gasteiger partial charge in [-0.3, -0.25) is 4.79 Å². The summed E-state index contributed by atoms with van der Waals surface area (Å²) in [7, 11) is 1.73. The number of fused-ring (bicyclic) bond motifs is 1. The highest BCUT2D eigenvalue weighted by Crippen LogP contribution is 2.28. The van der Waals surface area contributed by atoms with Crippen molar-refractivity contribution in [1.29, 1.82) is 0 Å². The van der Waals surface area contributed by atoms with E-state index in [1.807, 2.05) is 0 Å². The van der Waals surface area contributed by atoms with Crippen molar-refractivity contribution >= 4 is 5.91 Å². The predicted octanol–water partition coefficient (Wildman–Crippen LogP) is 1.01. The van der Waals surface area contributed by atoms with Crippen molar-refractivity contribution in [2.24, 2.45) is 5.92 Å². The van der Waals surface area contributed by atoms with Crippen LogP contribution in [0.1, 0.15) is 32.1 Å². The lowest BCUT2D eigenvalue weighted by molar-refractivity contribution is -0.139. The van der Waals surface area contributed by atoms with Gasteiger partial charge in [-0.2, -0.15) is 0 Å². The van der Waals surface area contributed by atoms with Gasteiger partial charge in [0, 0.05) is 32.7 Å². The molecule has 0 aromatic heterocycles. The SMILES string of the molecule is COCCCCN1C(=O)CCC2CNCCC21. The Morgan fingerprint density at radius 2 is 2.29 bits per heavy atom. The first-order chi connectivity index (χ1) is 8.33. The first kappa shape index (κ1) is 12.8. The second kappa shape index (κ2) is 6.36. The van der Waals surface area contributed by atoms with Crippen LogP contribution in [0.2, 0.25) is 0 Å². The Morgan fingerprint density at radius 1 is 1.41 bits per heavy atom. The lowest BCUT2D eigenvalue weighted by atomic mass is 9.84. The molecule has 4 heteroatoms. The molecule has 2 aliphatic heterocycles. The van der Waals surface area contributed by atoms with Crippen LogP contribution < -0.4 is 5.32 Å². The van der Waals surface area contributed by atoms with E-state index in [1.54, 1.807) is 7.11 Å². The molecule has 0 spiro atoms. The summed E-state index contributed by atoms with van der Waals surface area (Å²) in [6.07, 6.45) is 5.06. The first-order valence-electron chi connectivity index (χ1n) is 6.82. The molecule has 2 fully saturated rings. The molecule has 0 aliphatic carbocycles. The van der Waals surface area contributed by atoms with Crippen molar-refractivity contribution in [3.8, 4) is 0 Å².